The molecule has 0 aliphatic carbocycles. The summed E-state index contributed by atoms with van der Waals surface area (Å²) < 4.78 is 0. The van der Waals surface area contributed by atoms with Crippen molar-refractivity contribution in [3.63, 3.8) is 0 Å². The predicted octanol–water partition coefficient (Wildman–Crippen LogP) is 3.08. The summed E-state index contributed by atoms with van der Waals surface area (Å²) in [7, 11) is 0. The van der Waals surface area contributed by atoms with Crippen LogP contribution in [0.25, 0.3) is 11.0 Å². The minimum absolute atomic E-state index is 0.0824. The number of benzene rings is 1. The first kappa shape index (κ1) is 10.0. The van der Waals surface area contributed by atoms with Crippen molar-refractivity contribution >= 4 is 16.7 Å². The molecule has 1 aromatic heterocycles. The Kier molecular flexibility index (Phi) is 2.18. The summed E-state index contributed by atoms with van der Waals surface area (Å²) in [6.45, 7) is 8.41. The first-order chi connectivity index (χ1) is 6.94. The van der Waals surface area contributed by atoms with Crippen molar-refractivity contribution in [3.05, 3.63) is 24.0 Å². The van der Waals surface area contributed by atoms with Gasteiger partial charge in [-0.25, -0.2) is 4.98 Å². The number of aryl methyl sites for hydroxylation is 1. The zero-order valence-corrected chi connectivity index (χ0v) is 9.68. The molecule has 3 nitrogen and oxygen atoms in total. The lowest BCUT2D eigenvalue weighted by Crippen LogP contribution is -2.25. The molecule has 80 valence electrons. The second-order valence-corrected chi connectivity index (χ2v) is 4.93. The standard InChI is InChI=1S/C12H17N3/c1-8-13-10-6-5-9(7-11(10)14-8)15-12(2,3)4/h5-7,15H,1-4H3,(H,13,14). The third-order valence-electron chi connectivity index (χ3n) is 2.12. The van der Waals surface area contributed by atoms with E-state index in [2.05, 4.69) is 54.3 Å². The van der Waals surface area contributed by atoms with Gasteiger partial charge in [-0.2, -0.15) is 0 Å². The van der Waals surface area contributed by atoms with E-state index in [1.54, 1.807) is 0 Å². The molecule has 2 rings (SSSR count). The second kappa shape index (κ2) is 3.26. The average Bonchev–Trinajstić information content (AvgIpc) is 2.40. The number of anilines is 1. The van der Waals surface area contributed by atoms with Gasteiger partial charge in [0.05, 0.1) is 11.0 Å². The summed E-state index contributed by atoms with van der Waals surface area (Å²) in [4.78, 5) is 7.62. The summed E-state index contributed by atoms with van der Waals surface area (Å²) in [5, 5.41) is 3.43. The average molecular weight is 203 g/mol. The molecular weight excluding hydrogens is 186 g/mol. The quantitative estimate of drug-likeness (QED) is 0.747. The van der Waals surface area contributed by atoms with Crippen LogP contribution in [0, 0.1) is 6.92 Å². The lowest BCUT2D eigenvalue weighted by molar-refractivity contribution is 0.634. The molecule has 1 aromatic carbocycles. The van der Waals surface area contributed by atoms with Crippen LogP contribution < -0.4 is 5.32 Å². The molecule has 0 unspecified atom stereocenters. The Morgan fingerprint density at radius 3 is 2.67 bits per heavy atom. The summed E-state index contributed by atoms with van der Waals surface area (Å²) in [6.07, 6.45) is 0. The number of nitrogens with zero attached hydrogens (tertiary/aromatic N) is 1. The molecule has 2 aromatic rings. The van der Waals surface area contributed by atoms with E-state index in [0.717, 1.165) is 22.5 Å². The van der Waals surface area contributed by atoms with Gasteiger partial charge in [0.15, 0.2) is 0 Å². The van der Waals surface area contributed by atoms with Crippen LogP contribution in [0.3, 0.4) is 0 Å². The van der Waals surface area contributed by atoms with Gasteiger partial charge in [-0.3, -0.25) is 0 Å². The van der Waals surface area contributed by atoms with Crippen molar-refractivity contribution in [2.45, 2.75) is 33.2 Å². The van der Waals surface area contributed by atoms with E-state index in [0.29, 0.717) is 0 Å². The van der Waals surface area contributed by atoms with Crippen LogP contribution in [-0.2, 0) is 0 Å². The first-order valence-electron chi connectivity index (χ1n) is 5.19. The van der Waals surface area contributed by atoms with Crippen LogP contribution >= 0.6 is 0 Å². The number of imidazole rings is 1. The van der Waals surface area contributed by atoms with Crippen LogP contribution in [0.1, 0.15) is 26.6 Å². The van der Waals surface area contributed by atoms with E-state index in [9.17, 15) is 0 Å². The Labute approximate surface area is 89.9 Å². The fourth-order valence-electron chi connectivity index (χ4n) is 1.64. The normalized spacial score (nSPS) is 12.0. The maximum absolute atomic E-state index is 4.41. The SMILES string of the molecule is Cc1nc2cc(NC(C)(C)C)ccc2[nH]1. The highest BCUT2D eigenvalue weighted by molar-refractivity contribution is 5.79. The van der Waals surface area contributed by atoms with Gasteiger partial charge in [0, 0.05) is 11.2 Å². The van der Waals surface area contributed by atoms with Crippen molar-refractivity contribution < 1.29 is 0 Å². The number of nitrogens with one attached hydrogen (secondary N) is 2. The van der Waals surface area contributed by atoms with Gasteiger partial charge in [-0.05, 0) is 45.9 Å². The smallest absolute Gasteiger partial charge is 0.104 e. The number of fused-ring (bicyclic) bond motifs is 1. The monoisotopic (exact) mass is 203 g/mol. The molecule has 2 N–H and O–H groups in total. The highest BCUT2D eigenvalue weighted by Gasteiger charge is 2.09. The maximum atomic E-state index is 4.41. The molecule has 1 heterocycles. The second-order valence-electron chi connectivity index (χ2n) is 4.93. The lowest BCUT2D eigenvalue weighted by atomic mass is 10.1. The van der Waals surface area contributed by atoms with Gasteiger partial charge in [-0.1, -0.05) is 0 Å². The van der Waals surface area contributed by atoms with E-state index < -0.39 is 0 Å². The van der Waals surface area contributed by atoms with Crippen LogP contribution in [0.4, 0.5) is 5.69 Å². The molecular formula is C12H17N3. The third kappa shape index (κ3) is 2.29. The van der Waals surface area contributed by atoms with Gasteiger partial charge in [0.1, 0.15) is 5.82 Å². The lowest BCUT2D eigenvalue weighted by Gasteiger charge is -2.21. The minimum atomic E-state index is 0.0824. The zero-order valence-electron chi connectivity index (χ0n) is 9.68. The maximum Gasteiger partial charge on any atom is 0.104 e. The number of hydrogen-bond donors (Lipinski definition) is 2. The highest BCUT2D eigenvalue weighted by atomic mass is 15.0. The Bertz CT molecular complexity index is 477. The molecule has 0 atom stereocenters. The fourth-order valence-corrected chi connectivity index (χ4v) is 1.64. The van der Waals surface area contributed by atoms with Crippen molar-refractivity contribution in [1.29, 1.82) is 0 Å². The van der Waals surface area contributed by atoms with Gasteiger partial charge in [-0.15, -0.1) is 0 Å². The van der Waals surface area contributed by atoms with Gasteiger partial charge in [0.2, 0.25) is 0 Å². The van der Waals surface area contributed by atoms with E-state index in [4.69, 9.17) is 0 Å². The molecule has 15 heavy (non-hydrogen) atoms. The number of H-pyrrole nitrogens is 1. The van der Waals surface area contributed by atoms with Crippen LogP contribution in [-0.4, -0.2) is 15.5 Å². The van der Waals surface area contributed by atoms with E-state index in [1.165, 1.54) is 0 Å². The number of rotatable bonds is 1. The van der Waals surface area contributed by atoms with Crippen molar-refractivity contribution in [2.75, 3.05) is 5.32 Å². The molecule has 3 heteroatoms. The van der Waals surface area contributed by atoms with Crippen molar-refractivity contribution in [2.24, 2.45) is 0 Å². The number of hydrogen-bond acceptors (Lipinski definition) is 2. The Morgan fingerprint density at radius 2 is 2.00 bits per heavy atom. The molecule has 0 aliphatic rings. The first-order valence-corrected chi connectivity index (χ1v) is 5.19. The van der Waals surface area contributed by atoms with Crippen LogP contribution in [0.2, 0.25) is 0 Å². The van der Waals surface area contributed by atoms with Crippen molar-refractivity contribution in [1.82, 2.24) is 9.97 Å². The van der Waals surface area contributed by atoms with E-state index in [1.807, 2.05) is 6.92 Å². The summed E-state index contributed by atoms with van der Waals surface area (Å²) in [5.74, 6) is 0.956. The topological polar surface area (TPSA) is 40.7 Å². The third-order valence-corrected chi connectivity index (χ3v) is 2.12. The number of aromatic amines is 1. The molecule has 0 saturated carbocycles. The van der Waals surface area contributed by atoms with E-state index >= 15 is 0 Å². The van der Waals surface area contributed by atoms with Gasteiger partial charge in [0.25, 0.3) is 0 Å². The summed E-state index contributed by atoms with van der Waals surface area (Å²) in [5.41, 5.74) is 3.30. The largest absolute Gasteiger partial charge is 0.380 e. The van der Waals surface area contributed by atoms with Gasteiger partial charge >= 0.3 is 0 Å². The summed E-state index contributed by atoms with van der Waals surface area (Å²) in [6, 6.07) is 6.21. The molecule has 0 aliphatic heterocycles. The molecule has 0 radical (unpaired) electrons. The highest BCUT2D eigenvalue weighted by Crippen LogP contribution is 2.19. The van der Waals surface area contributed by atoms with E-state index in [-0.39, 0.29) is 5.54 Å². The van der Waals surface area contributed by atoms with Crippen molar-refractivity contribution in [3.8, 4) is 0 Å². The van der Waals surface area contributed by atoms with Crippen LogP contribution in [0.5, 0.6) is 0 Å². The number of aromatic nitrogens is 2. The molecule has 0 spiro atoms. The zero-order chi connectivity index (χ0) is 11.1. The van der Waals surface area contributed by atoms with Gasteiger partial charge < -0.3 is 10.3 Å². The van der Waals surface area contributed by atoms with Crippen LogP contribution in [0.15, 0.2) is 18.2 Å². The molecule has 0 amide bonds. The molecule has 0 fully saturated rings. The minimum Gasteiger partial charge on any atom is -0.380 e. The Balaban J connectivity index is 2.38. The molecule has 0 bridgehead atoms. The summed E-state index contributed by atoms with van der Waals surface area (Å²) >= 11 is 0. The Hall–Kier alpha value is -1.51. The predicted molar refractivity (Wildman–Crippen MR) is 64.2 cm³/mol. The molecule has 0 saturated heterocycles. The fraction of sp³-hybridized carbons (Fsp3) is 0.417. The Morgan fingerprint density at radius 1 is 1.27 bits per heavy atom.